The minimum absolute atomic E-state index is 0. The molecule has 0 heterocycles. The van der Waals surface area contributed by atoms with E-state index in [4.69, 9.17) is 5.73 Å². The third-order valence-corrected chi connectivity index (χ3v) is 2.89. The molecule has 3 saturated carbocycles. The van der Waals surface area contributed by atoms with Crippen molar-refractivity contribution >= 4 is 12.4 Å². The maximum absolute atomic E-state index is 13.4. The second-order valence-corrected chi connectivity index (χ2v) is 4.07. The van der Waals surface area contributed by atoms with Crippen molar-refractivity contribution in [2.24, 2.45) is 5.73 Å². The highest BCUT2D eigenvalue weighted by Gasteiger charge is 2.53. The van der Waals surface area contributed by atoms with Gasteiger partial charge in [-0.05, 0) is 25.7 Å². The van der Waals surface area contributed by atoms with Crippen LogP contribution >= 0.6 is 12.4 Å². The molecule has 0 aromatic heterocycles. The molecule has 1 nitrogen and oxygen atoms in total. The average molecular weight is 180 g/mol. The smallest absolute Gasteiger partial charge is 0.114 e. The molecule has 66 valence electrons. The number of hydrogen-bond acceptors (Lipinski definition) is 1. The van der Waals surface area contributed by atoms with Gasteiger partial charge in [-0.2, -0.15) is 0 Å². The van der Waals surface area contributed by atoms with Crippen LogP contribution in [-0.4, -0.2) is 11.2 Å². The Bertz CT molecular complexity index is 138. The molecular weight excluding hydrogens is 165 g/mol. The van der Waals surface area contributed by atoms with Gasteiger partial charge in [-0.3, -0.25) is 0 Å². The van der Waals surface area contributed by atoms with Crippen LogP contribution in [0.1, 0.15) is 38.5 Å². The molecule has 3 heteroatoms. The zero-order valence-corrected chi connectivity index (χ0v) is 7.42. The summed E-state index contributed by atoms with van der Waals surface area (Å²) in [6.45, 7) is 0. The molecule has 3 aliphatic carbocycles. The fourth-order valence-corrected chi connectivity index (χ4v) is 2.48. The summed E-state index contributed by atoms with van der Waals surface area (Å²) in [5.41, 5.74) is 4.93. The molecule has 0 radical (unpaired) electrons. The highest BCUT2D eigenvalue weighted by atomic mass is 35.5. The van der Waals surface area contributed by atoms with Crippen LogP contribution in [0.2, 0.25) is 0 Å². The maximum Gasteiger partial charge on any atom is 0.114 e. The van der Waals surface area contributed by atoms with Crippen LogP contribution in [0.15, 0.2) is 0 Å². The lowest BCUT2D eigenvalue weighted by molar-refractivity contribution is -0.00833. The van der Waals surface area contributed by atoms with Crippen molar-refractivity contribution in [1.82, 2.24) is 0 Å². The number of rotatable bonds is 0. The molecule has 0 unspecified atom stereocenters. The molecule has 3 rings (SSSR count). The Hall–Kier alpha value is 0.180. The second-order valence-electron chi connectivity index (χ2n) is 4.07. The number of fused-ring (bicyclic) bond motifs is 3. The molecular formula is C8H15ClFN. The number of halogens is 2. The zero-order chi connectivity index (χ0) is 7.24. The van der Waals surface area contributed by atoms with Gasteiger partial charge < -0.3 is 5.73 Å². The van der Waals surface area contributed by atoms with Crippen molar-refractivity contribution in [3.05, 3.63) is 0 Å². The summed E-state index contributed by atoms with van der Waals surface area (Å²) in [6, 6.07) is 0. The first kappa shape index (κ1) is 9.27. The summed E-state index contributed by atoms with van der Waals surface area (Å²) in [4.78, 5) is 0. The molecule has 2 bridgehead atoms. The molecule has 0 aromatic rings. The van der Waals surface area contributed by atoms with Crippen molar-refractivity contribution < 1.29 is 4.39 Å². The van der Waals surface area contributed by atoms with Gasteiger partial charge in [0.05, 0.1) is 0 Å². The van der Waals surface area contributed by atoms with E-state index in [9.17, 15) is 4.39 Å². The minimum Gasteiger partial charge on any atom is -0.325 e. The minimum atomic E-state index is -0.856. The lowest BCUT2D eigenvalue weighted by atomic mass is 9.66. The standard InChI is InChI=1S/C8H14FN.ClH/c9-7-3-1-2-4-8(10,5-7)6-7;/h1-6,10H2;1H. The maximum atomic E-state index is 13.4. The van der Waals surface area contributed by atoms with Crippen LogP contribution in [0.4, 0.5) is 4.39 Å². The Morgan fingerprint density at radius 1 is 1.09 bits per heavy atom. The van der Waals surface area contributed by atoms with Gasteiger partial charge in [-0.1, -0.05) is 12.8 Å². The molecule has 0 atom stereocenters. The molecule has 0 amide bonds. The second kappa shape index (κ2) is 2.60. The Morgan fingerprint density at radius 3 is 2.27 bits per heavy atom. The SMILES string of the molecule is Cl.NC12CCCCC(F)(C1)C2. The van der Waals surface area contributed by atoms with Gasteiger partial charge in [0.25, 0.3) is 0 Å². The Kier molecular flexibility index (Phi) is 2.19. The fourth-order valence-electron chi connectivity index (χ4n) is 2.48. The third kappa shape index (κ3) is 1.52. The van der Waals surface area contributed by atoms with E-state index in [1.165, 1.54) is 0 Å². The molecule has 0 aromatic carbocycles. The first-order valence-electron chi connectivity index (χ1n) is 4.10. The normalized spacial score (nSPS) is 48.5. The molecule has 11 heavy (non-hydrogen) atoms. The summed E-state index contributed by atoms with van der Waals surface area (Å²) < 4.78 is 13.4. The van der Waals surface area contributed by atoms with Crippen molar-refractivity contribution in [1.29, 1.82) is 0 Å². The predicted octanol–water partition coefficient (Wildman–Crippen LogP) is 2.18. The van der Waals surface area contributed by atoms with E-state index in [0.29, 0.717) is 12.8 Å². The molecule has 0 spiro atoms. The van der Waals surface area contributed by atoms with E-state index in [-0.39, 0.29) is 17.9 Å². The van der Waals surface area contributed by atoms with E-state index in [1.54, 1.807) is 0 Å². The van der Waals surface area contributed by atoms with Crippen LogP contribution in [0, 0.1) is 0 Å². The van der Waals surface area contributed by atoms with Gasteiger partial charge in [0.2, 0.25) is 0 Å². The number of hydrogen-bond donors (Lipinski definition) is 1. The van der Waals surface area contributed by atoms with Gasteiger partial charge in [-0.25, -0.2) is 4.39 Å². The number of alkyl halides is 1. The number of nitrogens with two attached hydrogens (primary N) is 1. The first-order valence-corrected chi connectivity index (χ1v) is 4.10. The highest BCUT2D eigenvalue weighted by Crippen LogP contribution is 2.50. The van der Waals surface area contributed by atoms with Crippen LogP contribution in [0.5, 0.6) is 0 Å². The van der Waals surface area contributed by atoms with Gasteiger partial charge in [0.15, 0.2) is 0 Å². The third-order valence-electron chi connectivity index (χ3n) is 2.89. The van der Waals surface area contributed by atoms with Crippen LogP contribution in [-0.2, 0) is 0 Å². The largest absolute Gasteiger partial charge is 0.325 e. The van der Waals surface area contributed by atoms with E-state index < -0.39 is 5.67 Å². The fraction of sp³-hybridized carbons (Fsp3) is 1.00. The van der Waals surface area contributed by atoms with Gasteiger partial charge >= 0.3 is 0 Å². The van der Waals surface area contributed by atoms with Crippen LogP contribution < -0.4 is 5.73 Å². The van der Waals surface area contributed by atoms with Crippen LogP contribution in [0.25, 0.3) is 0 Å². The van der Waals surface area contributed by atoms with Gasteiger partial charge in [0.1, 0.15) is 5.67 Å². The quantitative estimate of drug-likeness (QED) is 0.606. The van der Waals surface area contributed by atoms with E-state index >= 15 is 0 Å². The van der Waals surface area contributed by atoms with E-state index in [2.05, 4.69) is 0 Å². The average Bonchev–Trinajstić information content (AvgIpc) is 1.93. The molecule has 3 aliphatic rings. The lowest BCUT2D eigenvalue weighted by Gasteiger charge is -2.47. The lowest BCUT2D eigenvalue weighted by Crippen LogP contribution is -2.58. The molecule has 3 fully saturated rings. The summed E-state index contributed by atoms with van der Waals surface area (Å²) in [6.07, 6.45) is 5.21. The van der Waals surface area contributed by atoms with E-state index in [0.717, 1.165) is 25.7 Å². The van der Waals surface area contributed by atoms with Crippen molar-refractivity contribution in [2.45, 2.75) is 49.7 Å². The van der Waals surface area contributed by atoms with Gasteiger partial charge in [0, 0.05) is 5.54 Å². The zero-order valence-electron chi connectivity index (χ0n) is 6.61. The Labute approximate surface area is 72.9 Å². The Balaban J connectivity index is 0.000000605. The summed E-state index contributed by atoms with van der Waals surface area (Å²) in [5.74, 6) is 0. The topological polar surface area (TPSA) is 26.0 Å². The van der Waals surface area contributed by atoms with Gasteiger partial charge in [-0.15, -0.1) is 12.4 Å². The van der Waals surface area contributed by atoms with Crippen LogP contribution in [0.3, 0.4) is 0 Å². The Morgan fingerprint density at radius 2 is 1.64 bits per heavy atom. The van der Waals surface area contributed by atoms with E-state index in [1.807, 2.05) is 0 Å². The van der Waals surface area contributed by atoms with Crippen molar-refractivity contribution in [3.63, 3.8) is 0 Å². The summed E-state index contributed by atoms with van der Waals surface area (Å²) in [7, 11) is 0. The monoisotopic (exact) mass is 179 g/mol. The molecule has 0 aliphatic heterocycles. The molecule has 2 N–H and O–H groups in total. The van der Waals surface area contributed by atoms with Crippen molar-refractivity contribution in [3.8, 4) is 0 Å². The van der Waals surface area contributed by atoms with Crippen molar-refractivity contribution in [2.75, 3.05) is 0 Å². The molecule has 0 saturated heterocycles. The predicted molar refractivity (Wildman–Crippen MR) is 45.7 cm³/mol. The highest BCUT2D eigenvalue weighted by molar-refractivity contribution is 5.85. The first-order chi connectivity index (χ1) is 4.62. The summed E-state index contributed by atoms with van der Waals surface area (Å²) in [5, 5.41) is 0. The summed E-state index contributed by atoms with van der Waals surface area (Å²) >= 11 is 0.